The lowest BCUT2D eigenvalue weighted by Crippen LogP contribution is -2.33. The molecule has 0 radical (unpaired) electrons. The molecule has 0 unspecified atom stereocenters. The first-order valence-electron chi connectivity index (χ1n) is 8.90. The number of pyridine rings is 1. The number of hydrogen-bond acceptors (Lipinski definition) is 5. The summed E-state index contributed by atoms with van der Waals surface area (Å²) in [4.78, 5) is 40.4. The van der Waals surface area contributed by atoms with E-state index in [1.807, 2.05) is 0 Å². The Morgan fingerprint density at radius 2 is 1.55 bits per heavy atom. The van der Waals surface area contributed by atoms with Gasteiger partial charge in [-0.25, -0.2) is 14.5 Å². The average molecular weight is 495 g/mol. The lowest BCUT2D eigenvalue weighted by molar-refractivity contribution is -0.192. The number of urea groups is 1. The number of thioether (sulfide) groups is 1. The van der Waals surface area contributed by atoms with Gasteiger partial charge in [-0.15, -0.1) is 0 Å². The summed E-state index contributed by atoms with van der Waals surface area (Å²) in [6, 6.07) is 7.48. The van der Waals surface area contributed by atoms with Crippen LogP contribution in [0.4, 0.5) is 36.8 Å². The van der Waals surface area contributed by atoms with Gasteiger partial charge < -0.3 is 10.0 Å². The molecule has 0 spiro atoms. The molecule has 14 heteroatoms. The molecular weight excluding hydrogens is 480 g/mol. The largest absolute Gasteiger partial charge is 0.490 e. The summed E-state index contributed by atoms with van der Waals surface area (Å²) in [5.74, 6) is -3.17. The van der Waals surface area contributed by atoms with Crippen molar-refractivity contribution in [3.05, 3.63) is 54.4 Å². The van der Waals surface area contributed by atoms with Gasteiger partial charge in [-0.1, -0.05) is 0 Å². The van der Waals surface area contributed by atoms with E-state index in [0.29, 0.717) is 0 Å². The quantitative estimate of drug-likeness (QED) is 0.376. The first-order valence-corrected chi connectivity index (χ1v) is 9.71. The van der Waals surface area contributed by atoms with E-state index < -0.39 is 35.6 Å². The molecule has 0 bridgehead atoms. The number of nitrogens with zero attached hydrogens (tertiary/aromatic N) is 3. The van der Waals surface area contributed by atoms with Crippen LogP contribution < -0.4 is 4.90 Å². The number of amides is 3. The number of carbonyl (C=O) groups is 3. The molecule has 2 aromatic rings. The third-order valence-corrected chi connectivity index (χ3v) is 4.89. The van der Waals surface area contributed by atoms with E-state index in [2.05, 4.69) is 4.98 Å². The van der Waals surface area contributed by atoms with Crippen molar-refractivity contribution in [2.24, 2.45) is 0 Å². The first kappa shape index (κ1) is 26.0. The fourth-order valence-electron chi connectivity index (χ4n) is 2.63. The van der Waals surface area contributed by atoms with Crippen LogP contribution in [0.3, 0.4) is 0 Å². The summed E-state index contributed by atoms with van der Waals surface area (Å²) in [6.45, 7) is 1.86. The fourth-order valence-corrected chi connectivity index (χ4v) is 3.17. The van der Waals surface area contributed by atoms with Gasteiger partial charge in [-0.2, -0.15) is 26.3 Å². The van der Waals surface area contributed by atoms with Crippen molar-refractivity contribution in [1.82, 2.24) is 9.88 Å². The van der Waals surface area contributed by atoms with E-state index in [4.69, 9.17) is 9.90 Å². The Morgan fingerprint density at radius 1 is 1.03 bits per heavy atom. The van der Waals surface area contributed by atoms with Crippen LogP contribution in [0.25, 0.3) is 0 Å². The molecule has 3 rings (SSSR count). The standard InChI is InChI=1S/C17H14F3N3O2S.C2HF3O2/c1-11-15(24)23(13-2-4-14(5-3-13)26-17(18,19)20)16(25)22(11)10-12-6-8-21-9-7-12;3-2(4,5)1(6)7/h2-9,11H,10H2,1H3;(H,6,7)/t11-;/m0./s1. The SMILES string of the molecule is C[C@H]1C(=O)N(c2ccc(SC(F)(F)F)cc2)C(=O)N1Cc1ccncc1.O=C(O)C(F)(F)F. The summed E-state index contributed by atoms with van der Waals surface area (Å²) in [5.41, 5.74) is -3.32. The smallest absolute Gasteiger partial charge is 0.475 e. The van der Waals surface area contributed by atoms with Crippen molar-refractivity contribution in [2.75, 3.05) is 4.90 Å². The number of rotatable bonds is 4. The number of imide groups is 1. The van der Waals surface area contributed by atoms with Crippen LogP contribution in [0.5, 0.6) is 0 Å². The highest BCUT2D eigenvalue weighted by atomic mass is 32.2. The molecule has 1 aromatic carbocycles. The van der Waals surface area contributed by atoms with Gasteiger partial charge in [0.15, 0.2) is 0 Å². The van der Waals surface area contributed by atoms with Crippen molar-refractivity contribution in [3.63, 3.8) is 0 Å². The third kappa shape index (κ3) is 7.10. The Kier molecular flexibility index (Phi) is 7.95. The van der Waals surface area contributed by atoms with Crippen LogP contribution in [-0.2, 0) is 16.1 Å². The maximum Gasteiger partial charge on any atom is 0.490 e. The van der Waals surface area contributed by atoms with Gasteiger partial charge in [-0.05, 0) is 60.6 Å². The molecule has 1 aliphatic heterocycles. The number of benzene rings is 1. The Hall–Kier alpha value is -3.29. The van der Waals surface area contributed by atoms with Crippen molar-refractivity contribution < 1.29 is 45.8 Å². The topological polar surface area (TPSA) is 90.8 Å². The van der Waals surface area contributed by atoms with Crippen LogP contribution in [0, 0.1) is 0 Å². The highest BCUT2D eigenvalue weighted by molar-refractivity contribution is 8.00. The van der Waals surface area contributed by atoms with Crippen molar-refractivity contribution in [2.45, 2.75) is 36.1 Å². The number of alkyl halides is 6. The lowest BCUT2D eigenvalue weighted by Gasteiger charge is -2.19. The van der Waals surface area contributed by atoms with Gasteiger partial charge in [0.25, 0.3) is 5.91 Å². The van der Waals surface area contributed by atoms with Gasteiger partial charge in [0.2, 0.25) is 0 Å². The lowest BCUT2D eigenvalue weighted by atomic mass is 10.2. The van der Waals surface area contributed by atoms with Gasteiger partial charge in [0.1, 0.15) is 6.04 Å². The van der Waals surface area contributed by atoms with Crippen LogP contribution >= 0.6 is 11.8 Å². The Labute approximate surface area is 187 Å². The summed E-state index contributed by atoms with van der Waals surface area (Å²) in [5, 5.41) is 7.12. The predicted octanol–water partition coefficient (Wildman–Crippen LogP) is 4.68. The Morgan fingerprint density at radius 3 is 2.00 bits per heavy atom. The molecule has 33 heavy (non-hydrogen) atoms. The molecule has 1 aromatic heterocycles. The van der Waals surface area contributed by atoms with Crippen LogP contribution in [0.2, 0.25) is 0 Å². The molecule has 7 nitrogen and oxygen atoms in total. The summed E-state index contributed by atoms with van der Waals surface area (Å²) >= 11 is -0.248. The molecule has 2 heterocycles. The van der Waals surface area contributed by atoms with Gasteiger partial charge in [0.05, 0.1) is 5.69 Å². The van der Waals surface area contributed by atoms with E-state index >= 15 is 0 Å². The highest BCUT2D eigenvalue weighted by Crippen LogP contribution is 2.37. The molecule has 0 saturated carbocycles. The maximum atomic E-state index is 12.7. The van der Waals surface area contributed by atoms with E-state index in [1.165, 1.54) is 29.2 Å². The second-order valence-corrected chi connectivity index (χ2v) is 7.60. The molecule has 1 atom stereocenters. The second kappa shape index (κ2) is 10.1. The zero-order valence-electron chi connectivity index (χ0n) is 16.6. The molecule has 1 aliphatic rings. The number of aromatic nitrogens is 1. The number of aliphatic carboxylic acids is 1. The number of anilines is 1. The normalized spacial score (nSPS) is 16.5. The number of carboxylic acid groups (broad SMARTS) is 1. The zero-order chi connectivity index (χ0) is 25.0. The van der Waals surface area contributed by atoms with Gasteiger partial charge in [0, 0.05) is 23.8 Å². The molecule has 178 valence electrons. The van der Waals surface area contributed by atoms with Crippen molar-refractivity contribution in [3.8, 4) is 0 Å². The van der Waals surface area contributed by atoms with Crippen molar-refractivity contribution >= 4 is 35.4 Å². The number of hydrogen-bond donors (Lipinski definition) is 1. The molecule has 1 saturated heterocycles. The molecular formula is C19H15F6N3O4S. The number of carboxylic acids is 1. The predicted molar refractivity (Wildman–Crippen MR) is 104 cm³/mol. The monoisotopic (exact) mass is 495 g/mol. The van der Waals surface area contributed by atoms with E-state index in [-0.39, 0.29) is 28.9 Å². The van der Waals surface area contributed by atoms with Crippen molar-refractivity contribution in [1.29, 1.82) is 0 Å². The summed E-state index contributed by atoms with van der Waals surface area (Å²) in [7, 11) is 0. The molecule has 3 amide bonds. The Balaban J connectivity index is 0.000000479. The van der Waals surface area contributed by atoms with E-state index in [9.17, 15) is 35.9 Å². The van der Waals surface area contributed by atoms with Crippen LogP contribution in [0.1, 0.15) is 12.5 Å². The van der Waals surface area contributed by atoms with Crippen LogP contribution in [-0.4, -0.2) is 50.6 Å². The van der Waals surface area contributed by atoms with E-state index in [0.717, 1.165) is 10.5 Å². The minimum absolute atomic E-state index is 0.0120. The minimum atomic E-state index is -5.08. The third-order valence-electron chi connectivity index (χ3n) is 4.16. The fraction of sp³-hybridized carbons (Fsp3) is 0.263. The number of carbonyl (C=O) groups excluding carboxylic acids is 2. The first-order chi connectivity index (χ1) is 15.2. The molecule has 1 N–H and O–H groups in total. The molecule has 0 aliphatic carbocycles. The van der Waals surface area contributed by atoms with E-state index in [1.54, 1.807) is 31.5 Å². The Bertz CT molecular complexity index is 999. The van der Waals surface area contributed by atoms with Gasteiger partial charge >= 0.3 is 23.7 Å². The van der Waals surface area contributed by atoms with Gasteiger partial charge in [-0.3, -0.25) is 9.78 Å². The minimum Gasteiger partial charge on any atom is -0.475 e. The summed E-state index contributed by atoms with van der Waals surface area (Å²) in [6.07, 6.45) is -1.89. The second-order valence-electron chi connectivity index (χ2n) is 6.46. The summed E-state index contributed by atoms with van der Waals surface area (Å²) < 4.78 is 69.0. The maximum absolute atomic E-state index is 12.7. The van der Waals surface area contributed by atoms with Crippen LogP contribution in [0.15, 0.2) is 53.7 Å². The zero-order valence-corrected chi connectivity index (χ0v) is 17.4. The number of halogens is 6. The highest BCUT2D eigenvalue weighted by Gasteiger charge is 2.43. The molecule has 1 fully saturated rings. The average Bonchev–Trinajstić information content (AvgIpc) is 2.91.